The lowest BCUT2D eigenvalue weighted by Crippen LogP contribution is -2.12. The van der Waals surface area contributed by atoms with Crippen LogP contribution in [0.2, 0.25) is 0 Å². The molecule has 0 fully saturated rings. The number of nitrogens with zero attached hydrogens (tertiary/aromatic N) is 2. The molecule has 1 aromatic heterocycles. The molecule has 0 aromatic carbocycles. The van der Waals surface area contributed by atoms with Crippen LogP contribution in [-0.4, -0.2) is 4.98 Å². The molecule has 1 heterocycles. The highest BCUT2D eigenvalue weighted by Gasteiger charge is 2.23. The van der Waals surface area contributed by atoms with E-state index in [-0.39, 0.29) is 5.25 Å². The maximum Gasteiger partial charge on any atom is 0.101 e. The van der Waals surface area contributed by atoms with E-state index in [2.05, 4.69) is 23.7 Å². The molecule has 0 spiro atoms. The third-order valence-electron chi connectivity index (χ3n) is 3.09. The summed E-state index contributed by atoms with van der Waals surface area (Å²) in [4.78, 5) is 4.52. The zero-order valence-electron chi connectivity index (χ0n) is 9.04. The van der Waals surface area contributed by atoms with Crippen molar-refractivity contribution in [2.24, 2.45) is 0 Å². The molecule has 15 heavy (non-hydrogen) atoms. The van der Waals surface area contributed by atoms with Crippen LogP contribution in [0, 0.1) is 25.2 Å². The van der Waals surface area contributed by atoms with E-state index in [1.54, 1.807) is 0 Å². The Morgan fingerprint density at radius 1 is 1.47 bits per heavy atom. The van der Waals surface area contributed by atoms with Crippen LogP contribution in [0.15, 0.2) is 0 Å². The van der Waals surface area contributed by atoms with Crippen LogP contribution in [0.4, 0.5) is 0 Å². The van der Waals surface area contributed by atoms with Crippen molar-refractivity contribution in [3.63, 3.8) is 0 Å². The molecule has 2 nitrogen and oxygen atoms in total. The van der Waals surface area contributed by atoms with Crippen LogP contribution >= 0.6 is 12.6 Å². The van der Waals surface area contributed by atoms with Gasteiger partial charge in [-0.25, -0.2) is 0 Å². The summed E-state index contributed by atoms with van der Waals surface area (Å²) < 4.78 is 0. The van der Waals surface area contributed by atoms with E-state index in [1.807, 2.05) is 13.8 Å². The van der Waals surface area contributed by atoms with Gasteiger partial charge in [0.05, 0.1) is 11.3 Å². The van der Waals surface area contributed by atoms with Gasteiger partial charge in [-0.1, -0.05) is 0 Å². The molecule has 0 N–H and O–H groups in total. The minimum Gasteiger partial charge on any atom is -0.256 e. The van der Waals surface area contributed by atoms with Gasteiger partial charge in [0.1, 0.15) is 6.07 Å². The maximum absolute atomic E-state index is 9.07. The van der Waals surface area contributed by atoms with Crippen LogP contribution in [0.3, 0.4) is 0 Å². The number of rotatable bonds is 0. The van der Waals surface area contributed by atoms with E-state index in [1.165, 1.54) is 5.56 Å². The smallest absolute Gasteiger partial charge is 0.101 e. The summed E-state index contributed by atoms with van der Waals surface area (Å²) in [5.74, 6) is 0. The van der Waals surface area contributed by atoms with Gasteiger partial charge in [0.15, 0.2) is 0 Å². The van der Waals surface area contributed by atoms with Crippen LogP contribution in [0.1, 0.15) is 46.2 Å². The van der Waals surface area contributed by atoms with E-state index in [0.29, 0.717) is 0 Å². The molecule has 1 unspecified atom stereocenters. The Morgan fingerprint density at radius 3 is 2.87 bits per heavy atom. The van der Waals surface area contributed by atoms with Crippen LogP contribution in [0.25, 0.3) is 0 Å². The lowest BCUT2D eigenvalue weighted by atomic mass is 9.89. The maximum atomic E-state index is 9.07. The first kappa shape index (κ1) is 10.5. The predicted molar refractivity (Wildman–Crippen MR) is 63.1 cm³/mol. The third kappa shape index (κ3) is 1.63. The fraction of sp³-hybridized carbons (Fsp3) is 0.500. The Hall–Kier alpha value is -1.01. The summed E-state index contributed by atoms with van der Waals surface area (Å²) in [6.07, 6.45) is 3.27. The summed E-state index contributed by atoms with van der Waals surface area (Å²) in [6, 6.07) is 2.24. The van der Waals surface area contributed by atoms with Gasteiger partial charge >= 0.3 is 0 Å². The van der Waals surface area contributed by atoms with Gasteiger partial charge in [-0.15, -0.1) is 0 Å². The van der Waals surface area contributed by atoms with Gasteiger partial charge in [-0.2, -0.15) is 17.9 Å². The number of aryl methyl sites for hydroxylation is 2. The monoisotopic (exact) mass is 218 g/mol. The van der Waals surface area contributed by atoms with Gasteiger partial charge < -0.3 is 0 Å². The zero-order chi connectivity index (χ0) is 11.0. The van der Waals surface area contributed by atoms with E-state index in [9.17, 15) is 0 Å². The normalized spacial score (nSPS) is 19.5. The van der Waals surface area contributed by atoms with E-state index in [0.717, 1.165) is 41.8 Å². The Bertz CT molecular complexity index is 446. The summed E-state index contributed by atoms with van der Waals surface area (Å²) in [7, 11) is 0. The number of pyridine rings is 1. The van der Waals surface area contributed by atoms with Gasteiger partial charge in [0, 0.05) is 10.9 Å². The fourth-order valence-corrected chi connectivity index (χ4v) is 2.87. The quantitative estimate of drug-likeness (QED) is 0.680. The second-order valence-electron chi connectivity index (χ2n) is 4.08. The standard InChI is InChI=1S/C12H14N2S/c1-7-9(6-13)8(2)14-10-4-3-5-11(15)12(7)10/h11,15H,3-5H2,1-2H3. The molecule has 0 saturated carbocycles. The number of hydrogen-bond donors (Lipinski definition) is 1. The van der Waals surface area contributed by atoms with Crippen LogP contribution < -0.4 is 0 Å². The molecule has 78 valence electrons. The van der Waals surface area contributed by atoms with Crippen molar-refractivity contribution in [1.82, 2.24) is 4.98 Å². The summed E-state index contributed by atoms with van der Waals surface area (Å²) in [6.45, 7) is 3.93. The zero-order valence-corrected chi connectivity index (χ0v) is 9.93. The van der Waals surface area contributed by atoms with Crippen molar-refractivity contribution in [1.29, 1.82) is 5.26 Å². The second-order valence-corrected chi connectivity index (χ2v) is 4.70. The van der Waals surface area contributed by atoms with Gasteiger partial charge in [0.25, 0.3) is 0 Å². The molecule has 0 bridgehead atoms. The number of aromatic nitrogens is 1. The lowest BCUT2D eigenvalue weighted by molar-refractivity contribution is 0.652. The average Bonchev–Trinajstić information content (AvgIpc) is 2.17. The number of nitriles is 1. The molecular formula is C12H14N2S. The molecule has 1 aromatic rings. The largest absolute Gasteiger partial charge is 0.256 e. The summed E-state index contributed by atoms with van der Waals surface area (Å²) >= 11 is 4.58. The first-order chi connectivity index (χ1) is 7.15. The lowest BCUT2D eigenvalue weighted by Gasteiger charge is -2.24. The predicted octanol–water partition coefficient (Wildman–Crippen LogP) is 2.88. The molecule has 1 atom stereocenters. The second kappa shape index (κ2) is 3.86. The molecule has 2 rings (SSSR count). The Morgan fingerprint density at radius 2 is 2.20 bits per heavy atom. The van der Waals surface area contributed by atoms with E-state index < -0.39 is 0 Å². The van der Waals surface area contributed by atoms with E-state index >= 15 is 0 Å². The highest BCUT2D eigenvalue weighted by atomic mass is 32.1. The molecule has 0 aliphatic heterocycles. The third-order valence-corrected chi connectivity index (χ3v) is 3.61. The van der Waals surface area contributed by atoms with Crippen molar-refractivity contribution >= 4 is 12.6 Å². The Kier molecular flexibility index (Phi) is 2.70. The number of fused-ring (bicyclic) bond motifs is 1. The minimum absolute atomic E-state index is 0.258. The molecule has 0 amide bonds. The molecule has 1 aliphatic carbocycles. The molecule has 3 heteroatoms. The van der Waals surface area contributed by atoms with E-state index in [4.69, 9.17) is 5.26 Å². The van der Waals surface area contributed by atoms with Gasteiger partial charge in [-0.05, 0) is 44.2 Å². The van der Waals surface area contributed by atoms with Crippen molar-refractivity contribution in [3.8, 4) is 6.07 Å². The highest BCUT2D eigenvalue weighted by Crippen LogP contribution is 2.36. The van der Waals surface area contributed by atoms with Gasteiger partial charge in [0.2, 0.25) is 0 Å². The molecule has 0 saturated heterocycles. The van der Waals surface area contributed by atoms with Crippen molar-refractivity contribution in [2.45, 2.75) is 38.4 Å². The summed E-state index contributed by atoms with van der Waals surface area (Å²) in [5.41, 5.74) is 5.02. The first-order valence-corrected chi connectivity index (χ1v) is 5.75. The number of thiol groups is 1. The van der Waals surface area contributed by atoms with Crippen LogP contribution in [0.5, 0.6) is 0 Å². The van der Waals surface area contributed by atoms with Crippen molar-refractivity contribution in [3.05, 3.63) is 28.1 Å². The highest BCUT2D eigenvalue weighted by molar-refractivity contribution is 7.80. The molecule has 0 radical (unpaired) electrons. The number of hydrogen-bond acceptors (Lipinski definition) is 3. The Labute approximate surface area is 95.7 Å². The molecule has 1 aliphatic rings. The minimum atomic E-state index is 0.258. The van der Waals surface area contributed by atoms with Crippen molar-refractivity contribution < 1.29 is 0 Å². The molecular weight excluding hydrogens is 204 g/mol. The van der Waals surface area contributed by atoms with Gasteiger partial charge in [-0.3, -0.25) is 4.98 Å². The summed E-state index contributed by atoms with van der Waals surface area (Å²) in [5, 5.41) is 9.33. The van der Waals surface area contributed by atoms with Crippen LogP contribution in [-0.2, 0) is 6.42 Å². The first-order valence-electron chi connectivity index (χ1n) is 5.23. The average molecular weight is 218 g/mol. The van der Waals surface area contributed by atoms with Crippen molar-refractivity contribution in [2.75, 3.05) is 0 Å². The Balaban J connectivity index is 2.69. The SMILES string of the molecule is Cc1nc2c(c(C)c1C#N)C(S)CCC2. The topological polar surface area (TPSA) is 36.7 Å². The fourth-order valence-electron chi connectivity index (χ4n) is 2.35.